The highest BCUT2D eigenvalue weighted by atomic mass is 35.5. The predicted molar refractivity (Wildman–Crippen MR) is 91.7 cm³/mol. The number of amides is 1. The summed E-state index contributed by atoms with van der Waals surface area (Å²) < 4.78 is 1.60. The summed E-state index contributed by atoms with van der Waals surface area (Å²) in [5.41, 5.74) is 1.78. The number of aryl methyl sites for hydroxylation is 1. The number of rotatable bonds is 7. The molecule has 2 rings (SSSR count). The second kappa shape index (κ2) is 7.97. The topological polar surface area (TPSA) is 84.2 Å². The molecule has 2 N–H and O–H groups in total. The molecule has 0 aliphatic heterocycles. The van der Waals surface area contributed by atoms with Crippen molar-refractivity contribution >= 4 is 23.5 Å². The van der Waals surface area contributed by atoms with Crippen molar-refractivity contribution in [3.05, 3.63) is 46.7 Å². The monoisotopic (exact) mass is 349 g/mol. The van der Waals surface area contributed by atoms with E-state index in [4.69, 9.17) is 16.7 Å². The molecule has 0 aliphatic carbocycles. The highest BCUT2D eigenvalue weighted by Crippen LogP contribution is 2.15. The first-order valence-corrected chi connectivity index (χ1v) is 8.13. The van der Waals surface area contributed by atoms with Crippen LogP contribution in [0.3, 0.4) is 0 Å². The van der Waals surface area contributed by atoms with E-state index < -0.39 is 11.9 Å². The van der Waals surface area contributed by atoms with Crippen molar-refractivity contribution in [1.29, 1.82) is 0 Å². The van der Waals surface area contributed by atoms with Crippen LogP contribution in [0.2, 0.25) is 5.02 Å². The fourth-order valence-corrected chi connectivity index (χ4v) is 2.51. The van der Waals surface area contributed by atoms with E-state index in [9.17, 15) is 9.59 Å². The smallest absolute Gasteiger partial charge is 0.308 e. The molecule has 2 aromatic rings. The van der Waals surface area contributed by atoms with Gasteiger partial charge in [0.25, 0.3) is 5.91 Å². The first-order chi connectivity index (χ1) is 11.4. The van der Waals surface area contributed by atoms with Crippen LogP contribution in [0.15, 0.2) is 30.5 Å². The standard InChI is InChI=1S/C17H20ClN3O3/c1-3-4-12(17(23)24)9-19-16(22)15-10-21(20-11(15)2)14-7-5-13(18)6-8-14/h5-8,10,12H,3-4,9H2,1-2H3,(H,19,22)(H,23,24). The van der Waals surface area contributed by atoms with Gasteiger partial charge in [0, 0.05) is 17.8 Å². The van der Waals surface area contributed by atoms with Gasteiger partial charge in [0.15, 0.2) is 0 Å². The van der Waals surface area contributed by atoms with Gasteiger partial charge in [-0.05, 0) is 37.6 Å². The largest absolute Gasteiger partial charge is 0.481 e. The van der Waals surface area contributed by atoms with Crippen molar-refractivity contribution in [2.45, 2.75) is 26.7 Å². The zero-order valence-electron chi connectivity index (χ0n) is 13.6. The third-order valence-corrected chi connectivity index (χ3v) is 3.98. The third kappa shape index (κ3) is 4.35. The lowest BCUT2D eigenvalue weighted by atomic mass is 10.0. The second-order valence-electron chi connectivity index (χ2n) is 5.58. The van der Waals surface area contributed by atoms with E-state index in [-0.39, 0.29) is 12.5 Å². The van der Waals surface area contributed by atoms with Crippen LogP contribution in [-0.4, -0.2) is 33.3 Å². The van der Waals surface area contributed by atoms with Gasteiger partial charge in [-0.15, -0.1) is 0 Å². The first-order valence-electron chi connectivity index (χ1n) is 7.75. The average Bonchev–Trinajstić information content (AvgIpc) is 2.93. The van der Waals surface area contributed by atoms with Gasteiger partial charge in [0.2, 0.25) is 0 Å². The van der Waals surface area contributed by atoms with E-state index in [2.05, 4.69) is 10.4 Å². The van der Waals surface area contributed by atoms with E-state index in [0.717, 1.165) is 12.1 Å². The fourth-order valence-electron chi connectivity index (χ4n) is 2.38. The lowest BCUT2D eigenvalue weighted by molar-refractivity contribution is -0.141. The van der Waals surface area contributed by atoms with E-state index in [1.165, 1.54) is 0 Å². The summed E-state index contributed by atoms with van der Waals surface area (Å²) in [7, 11) is 0. The molecule has 1 amide bonds. The van der Waals surface area contributed by atoms with Crippen LogP contribution < -0.4 is 5.32 Å². The number of nitrogens with one attached hydrogen (secondary N) is 1. The predicted octanol–water partition coefficient (Wildman–Crippen LogP) is 3.06. The number of carboxylic acids is 1. The van der Waals surface area contributed by atoms with Crippen molar-refractivity contribution in [3.63, 3.8) is 0 Å². The minimum absolute atomic E-state index is 0.105. The zero-order valence-corrected chi connectivity index (χ0v) is 14.4. The molecule has 6 nitrogen and oxygen atoms in total. The Morgan fingerprint density at radius 3 is 2.58 bits per heavy atom. The van der Waals surface area contributed by atoms with Crippen molar-refractivity contribution in [1.82, 2.24) is 15.1 Å². The summed E-state index contributed by atoms with van der Waals surface area (Å²) >= 11 is 5.87. The van der Waals surface area contributed by atoms with Gasteiger partial charge in [-0.2, -0.15) is 5.10 Å². The Hall–Kier alpha value is -2.34. The molecule has 7 heteroatoms. The molecular formula is C17H20ClN3O3. The number of halogens is 1. The summed E-state index contributed by atoms with van der Waals surface area (Å²) in [5.74, 6) is -1.80. The number of benzene rings is 1. The molecule has 1 atom stereocenters. The molecule has 0 fully saturated rings. The highest BCUT2D eigenvalue weighted by Gasteiger charge is 2.19. The lowest BCUT2D eigenvalue weighted by Crippen LogP contribution is -2.33. The van der Waals surface area contributed by atoms with Gasteiger partial charge in [-0.25, -0.2) is 4.68 Å². The molecular weight excluding hydrogens is 330 g/mol. The van der Waals surface area contributed by atoms with Gasteiger partial charge in [-0.3, -0.25) is 9.59 Å². The van der Waals surface area contributed by atoms with Crippen LogP contribution >= 0.6 is 11.6 Å². The Morgan fingerprint density at radius 1 is 1.33 bits per heavy atom. The van der Waals surface area contributed by atoms with E-state index >= 15 is 0 Å². The number of carbonyl (C=O) groups excluding carboxylic acids is 1. The van der Waals surface area contributed by atoms with Crippen LogP contribution in [-0.2, 0) is 4.79 Å². The minimum atomic E-state index is -0.897. The zero-order chi connectivity index (χ0) is 17.7. The Balaban J connectivity index is 2.10. The Morgan fingerprint density at radius 2 is 2.00 bits per heavy atom. The number of aliphatic carboxylic acids is 1. The molecule has 0 saturated carbocycles. The van der Waals surface area contributed by atoms with Crippen LogP contribution in [0.25, 0.3) is 5.69 Å². The quantitative estimate of drug-likeness (QED) is 0.804. The van der Waals surface area contributed by atoms with E-state index in [0.29, 0.717) is 22.7 Å². The molecule has 128 valence electrons. The molecule has 0 bridgehead atoms. The summed E-state index contributed by atoms with van der Waals surface area (Å²) in [6.45, 7) is 3.76. The summed E-state index contributed by atoms with van der Waals surface area (Å²) in [4.78, 5) is 23.5. The third-order valence-electron chi connectivity index (χ3n) is 3.73. The normalized spacial score (nSPS) is 12.0. The molecule has 1 unspecified atom stereocenters. The van der Waals surface area contributed by atoms with Gasteiger partial charge >= 0.3 is 5.97 Å². The number of hydrogen-bond acceptors (Lipinski definition) is 3. The molecule has 1 aromatic heterocycles. The van der Waals surface area contributed by atoms with Crippen molar-refractivity contribution in [3.8, 4) is 5.69 Å². The molecule has 1 heterocycles. The number of nitrogens with zero attached hydrogens (tertiary/aromatic N) is 2. The van der Waals surface area contributed by atoms with Crippen molar-refractivity contribution in [2.24, 2.45) is 5.92 Å². The number of carboxylic acid groups (broad SMARTS) is 1. The summed E-state index contributed by atoms with van der Waals surface area (Å²) in [6, 6.07) is 7.10. The minimum Gasteiger partial charge on any atom is -0.481 e. The summed E-state index contributed by atoms with van der Waals surface area (Å²) in [5, 5.41) is 16.8. The molecule has 1 aromatic carbocycles. The SMILES string of the molecule is CCCC(CNC(=O)c1cn(-c2ccc(Cl)cc2)nc1C)C(=O)O. The molecule has 24 heavy (non-hydrogen) atoms. The Labute approximate surface area is 145 Å². The Bertz CT molecular complexity index is 725. The fraction of sp³-hybridized carbons (Fsp3) is 0.353. The molecule has 0 saturated heterocycles. The molecule has 0 radical (unpaired) electrons. The van der Waals surface area contributed by atoms with Gasteiger partial charge in [0.05, 0.1) is 22.9 Å². The first kappa shape index (κ1) is 18.0. The van der Waals surface area contributed by atoms with E-state index in [1.54, 1.807) is 42.1 Å². The maximum absolute atomic E-state index is 12.3. The van der Waals surface area contributed by atoms with Crippen molar-refractivity contribution in [2.75, 3.05) is 6.54 Å². The maximum Gasteiger partial charge on any atom is 0.308 e. The summed E-state index contributed by atoms with van der Waals surface area (Å²) in [6.07, 6.45) is 2.91. The van der Waals surface area contributed by atoms with Crippen LogP contribution in [0.5, 0.6) is 0 Å². The average molecular weight is 350 g/mol. The van der Waals surface area contributed by atoms with Gasteiger partial charge < -0.3 is 10.4 Å². The second-order valence-corrected chi connectivity index (χ2v) is 6.02. The van der Waals surface area contributed by atoms with Crippen LogP contribution in [0.4, 0.5) is 0 Å². The van der Waals surface area contributed by atoms with Crippen LogP contribution in [0.1, 0.15) is 35.8 Å². The molecule has 0 aliphatic rings. The highest BCUT2D eigenvalue weighted by molar-refractivity contribution is 6.30. The van der Waals surface area contributed by atoms with Crippen molar-refractivity contribution < 1.29 is 14.7 Å². The number of aromatic nitrogens is 2. The number of hydrogen-bond donors (Lipinski definition) is 2. The van der Waals surface area contributed by atoms with Gasteiger partial charge in [0.1, 0.15) is 0 Å². The van der Waals surface area contributed by atoms with Gasteiger partial charge in [-0.1, -0.05) is 24.9 Å². The maximum atomic E-state index is 12.3. The van der Waals surface area contributed by atoms with Crippen LogP contribution in [0, 0.1) is 12.8 Å². The lowest BCUT2D eigenvalue weighted by Gasteiger charge is -2.11. The molecule has 0 spiro atoms. The Kier molecular flexibility index (Phi) is 5.98. The van der Waals surface area contributed by atoms with E-state index in [1.807, 2.05) is 6.92 Å². The number of carbonyl (C=O) groups is 2.